The number of benzene rings is 2. The van der Waals surface area contributed by atoms with Gasteiger partial charge in [-0.05, 0) is 23.8 Å². The molecule has 1 atom stereocenters. The van der Waals surface area contributed by atoms with Crippen molar-refractivity contribution in [1.82, 2.24) is 24.2 Å². The quantitative estimate of drug-likeness (QED) is 0.442. The molecule has 34 heavy (non-hydrogen) atoms. The standard InChI is InChI=1S/C24H25N5O4S/c1-28-21-10-6-5-9-19(21)26-23(28)22(17-7-3-2-4-8-17)27-24(30)20-15-18(16-25-20)34(31,32)29-11-13-33-14-12-29/h2-10,15-16,22,25H,11-14H2,1H3,(H,27,30). The van der Waals surface area contributed by atoms with Crippen molar-refractivity contribution >= 4 is 27.0 Å². The Labute approximate surface area is 197 Å². The number of morpholine rings is 1. The van der Waals surface area contributed by atoms with Gasteiger partial charge in [-0.3, -0.25) is 4.79 Å². The molecule has 0 radical (unpaired) electrons. The fourth-order valence-electron chi connectivity index (χ4n) is 4.16. The third kappa shape index (κ3) is 4.11. The molecule has 1 fully saturated rings. The number of fused-ring (bicyclic) bond motifs is 1. The second-order valence-corrected chi connectivity index (χ2v) is 10.0. The minimum atomic E-state index is -3.71. The van der Waals surface area contributed by atoms with Gasteiger partial charge < -0.3 is 19.6 Å². The van der Waals surface area contributed by atoms with E-state index in [4.69, 9.17) is 9.72 Å². The first-order valence-corrected chi connectivity index (χ1v) is 12.4. The molecule has 10 heteroatoms. The number of imidazole rings is 1. The van der Waals surface area contributed by atoms with E-state index in [0.29, 0.717) is 19.0 Å². The van der Waals surface area contributed by atoms with Gasteiger partial charge in [0.05, 0.1) is 24.2 Å². The first-order chi connectivity index (χ1) is 16.4. The van der Waals surface area contributed by atoms with Gasteiger partial charge in [-0.25, -0.2) is 13.4 Å². The van der Waals surface area contributed by atoms with Crippen molar-refractivity contribution in [3.63, 3.8) is 0 Å². The summed E-state index contributed by atoms with van der Waals surface area (Å²) in [5.41, 5.74) is 2.80. The van der Waals surface area contributed by atoms with E-state index in [1.165, 1.54) is 16.6 Å². The summed E-state index contributed by atoms with van der Waals surface area (Å²) in [7, 11) is -1.79. The summed E-state index contributed by atoms with van der Waals surface area (Å²) >= 11 is 0. The van der Waals surface area contributed by atoms with Gasteiger partial charge in [0.15, 0.2) is 0 Å². The zero-order chi connectivity index (χ0) is 23.7. The fraction of sp³-hybridized carbons (Fsp3) is 0.250. The molecule has 4 aromatic rings. The van der Waals surface area contributed by atoms with Crippen LogP contribution in [0.1, 0.15) is 27.9 Å². The van der Waals surface area contributed by atoms with Crippen LogP contribution in [0.15, 0.2) is 71.8 Å². The second kappa shape index (κ2) is 9.05. The number of carbonyl (C=O) groups excluding carboxylic acids is 1. The molecular weight excluding hydrogens is 454 g/mol. The lowest BCUT2D eigenvalue weighted by Crippen LogP contribution is -2.40. The van der Waals surface area contributed by atoms with Crippen LogP contribution < -0.4 is 5.32 Å². The summed E-state index contributed by atoms with van der Waals surface area (Å²) in [6.45, 7) is 1.29. The van der Waals surface area contributed by atoms with E-state index in [9.17, 15) is 13.2 Å². The number of aromatic amines is 1. The van der Waals surface area contributed by atoms with Crippen LogP contribution in [0.2, 0.25) is 0 Å². The van der Waals surface area contributed by atoms with E-state index < -0.39 is 22.0 Å². The minimum absolute atomic E-state index is 0.0542. The second-order valence-electron chi connectivity index (χ2n) is 8.10. The van der Waals surface area contributed by atoms with E-state index >= 15 is 0 Å². The van der Waals surface area contributed by atoms with Gasteiger partial charge in [-0.1, -0.05) is 42.5 Å². The van der Waals surface area contributed by atoms with E-state index in [1.807, 2.05) is 66.2 Å². The Morgan fingerprint density at radius 2 is 1.79 bits per heavy atom. The highest BCUT2D eigenvalue weighted by Gasteiger charge is 2.29. The van der Waals surface area contributed by atoms with Crippen molar-refractivity contribution in [2.75, 3.05) is 26.3 Å². The van der Waals surface area contributed by atoms with Crippen molar-refractivity contribution in [3.8, 4) is 0 Å². The Hall–Kier alpha value is -3.47. The van der Waals surface area contributed by atoms with Gasteiger partial charge in [0, 0.05) is 26.3 Å². The van der Waals surface area contributed by atoms with Gasteiger partial charge in [0.2, 0.25) is 10.0 Å². The highest BCUT2D eigenvalue weighted by Crippen LogP contribution is 2.26. The number of aromatic nitrogens is 3. The summed E-state index contributed by atoms with van der Waals surface area (Å²) in [5.74, 6) is 0.248. The summed E-state index contributed by atoms with van der Waals surface area (Å²) in [4.78, 5) is 20.9. The third-order valence-corrected chi connectivity index (χ3v) is 7.87. The lowest BCUT2D eigenvalue weighted by Gasteiger charge is -2.25. The largest absolute Gasteiger partial charge is 0.379 e. The van der Waals surface area contributed by atoms with Crippen LogP contribution >= 0.6 is 0 Å². The Kier molecular flexibility index (Phi) is 5.94. The van der Waals surface area contributed by atoms with Gasteiger partial charge in [0.25, 0.3) is 5.91 Å². The molecule has 2 N–H and O–H groups in total. The average molecular weight is 480 g/mol. The van der Waals surface area contributed by atoms with Gasteiger partial charge >= 0.3 is 0 Å². The molecule has 0 aliphatic carbocycles. The molecule has 2 aromatic carbocycles. The summed E-state index contributed by atoms with van der Waals surface area (Å²) in [5, 5.41) is 3.03. The molecule has 1 aliphatic heterocycles. The zero-order valence-corrected chi connectivity index (χ0v) is 19.5. The molecule has 9 nitrogen and oxygen atoms in total. The maximum absolute atomic E-state index is 13.2. The Morgan fingerprint density at radius 1 is 1.09 bits per heavy atom. The molecule has 1 amide bonds. The van der Waals surface area contributed by atoms with E-state index in [2.05, 4.69) is 10.3 Å². The Bertz CT molecular complexity index is 1420. The number of hydrogen-bond acceptors (Lipinski definition) is 5. The van der Waals surface area contributed by atoms with Crippen molar-refractivity contribution in [2.45, 2.75) is 10.9 Å². The number of amides is 1. The molecule has 2 aromatic heterocycles. The van der Waals surface area contributed by atoms with Crippen LogP contribution in [0.3, 0.4) is 0 Å². The van der Waals surface area contributed by atoms with Crippen molar-refractivity contribution in [1.29, 1.82) is 0 Å². The smallest absolute Gasteiger partial charge is 0.268 e. The minimum Gasteiger partial charge on any atom is -0.379 e. The highest BCUT2D eigenvalue weighted by atomic mass is 32.2. The Balaban J connectivity index is 1.45. The lowest BCUT2D eigenvalue weighted by molar-refractivity contribution is 0.0730. The number of nitrogens with zero attached hydrogens (tertiary/aromatic N) is 3. The van der Waals surface area contributed by atoms with Crippen molar-refractivity contribution < 1.29 is 17.9 Å². The fourth-order valence-corrected chi connectivity index (χ4v) is 5.57. The predicted molar refractivity (Wildman–Crippen MR) is 127 cm³/mol. The predicted octanol–water partition coefficient (Wildman–Crippen LogP) is 2.44. The molecule has 1 saturated heterocycles. The van der Waals surface area contributed by atoms with E-state index in [0.717, 1.165) is 16.6 Å². The SMILES string of the molecule is Cn1c(C(NC(=O)c2cc(S(=O)(=O)N3CCOCC3)c[nH]2)c2ccccc2)nc2ccccc21. The lowest BCUT2D eigenvalue weighted by atomic mass is 10.1. The molecule has 176 valence electrons. The first kappa shape index (κ1) is 22.3. The molecule has 1 unspecified atom stereocenters. The van der Waals surface area contributed by atoms with Crippen LogP contribution in [-0.4, -0.2) is 59.5 Å². The van der Waals surface area contributed by atoms with Crippen LogP contribution in [0.5, 0.6) is 0 Å². The molecular formula is C24H25N5O4S. The number of sulfonamides is 1. The number of carbonyl (C=O) groups is 1. The molecule has 5 rings (SSSR count). The number of nitrogens with one attached hydrogen (secondary N) is 2. The maximum Gasteiger partial charge on any atom is 0.268 e. The van der Waals surface area contributed by atoms with Crippen molar-refractivity contribution in [3.05, 3.63) is 83.9 Å². The molecule has 0 bridgehead atoms. The summed E-state index contributed by atoms with van der Waals surface area (Å²) < 4.78 is 34.4. The molecule has 0 saturated carbocycles. The van der Waals surface area contributed by atoms with E-state index in [1.54, 1.807) is 0 Å². The normalized spacial score (nSPS) is 15.9. The average Bonchev–Trinajstić information content (AvgIpc) is 3.50. The zero-order valence-electron chi connectivity index (χ0n) is 18.6. The third-order valence-electron chi connectivity index (χ3n) is 6.00. The first-order valence-electron chi connectivity index (χ1n) is 11.0. The highest BCUT2D eigenvalue weighted by molar-refractivity contribution is 7.89. The van der Waals surface area contributed by atoms with Crippen molar-refractivity contribution in [2.24, 2.45) is 7.05 Å². The van der Waals surface area contributed by atoms with Crippen LogP contribution in [0.25, 0.3) is 11.0 Å². The molecule has 3 heterocycles. The monoisotopic (exact) mass is 479 g/mol. The van der Waals surface area contributed by atoms with Gasteiger partial charge in [-0.2, -0.15) is 4.31 Å². The number of rotatable bonds is 6. The van der Waals surface area contributed by atoms with Crippen LogP contribution in [-0.2, 0) is 21.8 Å². The molecule has 0 spiro atoms. The summed E-state index contributed by atoms with van der Waals surface area (Å²) in [6.07, 6.45) is 1.35. The summed E-state index contributed by atoms with van der Waals surface area (Å²) in [6, 6.07) is 18.2. The number of para-hydroxylation sites is 2. The van der Waals surface area contributed by atoms with E-state index in [-0.39, 0.29) is 23.7 Å². The van der Waals surface area contributed by atoms with Gasteiger partial charge in [-0.15, -0.1) is 0 Å². The van der Waals surface area contributed by atoms with Crippen LogP contribution in [0.4, 0.5) is 0 Å². The number of ether oxygens (including phenoxy) is 1. The topological polar surface area (TPSA) is 109 Å². The van der Waals surface area contributed by atoms with Gasteiger partial charge in [0.1, 0.15) is 22.5 Å². The maximum atomic E-state index is 13.2. The van der Waals surface area contributed by atoms with Crippen LogP contribution in [0, 0.1) is 0 Å². The number of hydrogen-bond donors (Lipinski definition) is 2. The number of aryl methyl sites for hydroxylation is 1. The molecule has 1 aliphatic rings. The number of H-pyrrole nitrogens is 1. The Morgan fingerprint density at radius 3 is 2.53 bits per heavy atom.